The highest BCUT2D eigenvalue weighted by atomic mass is 32.2. The van der Waals surface area contributed by atoms with Gasteiger partial charge in [0.05, 0.1) is 6.61 Å². The first-order valence-electron chi connectivity index (χ1n) is 5.93. The molecule has 0 radical (unpaired) electrons. The van der Waals surface area contributed by atoms with Crippen molar-refractivity contribution >= 4 is 10.0 Å². The van der Waals surface area contributed by atoms with Crippen LogP contribution in [0.25, 0.3) is 0 Å². The number of hydrogen-bond donors (Lipinski definition) is 0. The van der Waals surface area contributed by atoms with E-state index in [4.69, 9.17) is 4.74 Å². The van der Waals surface area contributed by atoms with E-state index >= 15 is 0 Å². The summed E-state index contributed by atoms with van der Waals surface area (Å²) < 4.78 is 58.1. The molecule has 1 atom stereocenters. The van der Waals surface area contributed by atoms with Crippen LogP contribution in [-0.2, 0) is 14.8 Å². The molecule has 0 N–H and O–H groups in total. The normalized spacial score (nSPS) is 20.9. The van der Waals surface area contributed by atoms with E-state index < -0.39 is 26.6 Å². The molecule has 0 spiro atoms. The molecule has 106 valence electrons. The van der Waals surface area contributed by atoms with Gasteiger partial charge in [0.2, 0.25) is 10.0 Å². The summed E-state index contributed by atoms with van der Waals surface area (Å²) in [5.41, 5.74) is 0. The Morgan fingerprint density at radius 3 is 2.58 bits per heavy atom. The van der Waals surface area contributed by atoms with Crippen molar-refractivity contribution in [3.8, 4) is 0 Å². The van der Waals surface area contributed by atoms with Crippen molar-refractivity contribution in [3.05, 3.63) is 29.8 Å². The van der Waals surface area contributed by atoms with Gasteiger partial charge in [-0.05, 0) is 25.0 Å². The van der Waals surface area contributed by atoms with E-state index in [0.717, 1.165) is 22.5 Å². The topological polar surface area (TPSA) is 46.6 Å². The third kappa shape index (κ3) is 2.63. The molecule has 1 fully saturated rings. The number of ether oxygens (including phenoxy) is 1. The number of nitrogens with zero attached hydrogens (tertiary/aromatic N) is 1. The predicted octanol–water partition coefficient (Wildman–Crippen LogP) is 1.76. The molecule has 1 aliphatic heterocycles. The third-order valence-corrected chi connectivity index (χ3v) is 5.17. The fraction of sp³-hybridized carbons (Fsp3) is 0.500. The summed E-state index contributed by atoms with van der Waals surface area (Å²) in [6.45, 7) is 0.472. The van der Waals surface area contributed by atoms with E-state index in [1.807, 2.05) is 0 Å². The molecule has 1 saturated heterocycles. The van der Waals surface area contributed by atoms with Gasteiger partial charge in [0.15, 0.2) is 4.90 Å². The molecule has 19 heavy (non-hydrogen) atoms. The molecule has 4 nitrogen and oxygen atoms in total. The van der Waals surface area contributed by atoms with E-state index in [0.29, 0.717) is 12.8 Å². The van der Waals surface area contributed by atoms with Crippen LogP contribution in [0.2, 0.25) is 0 Å². The average Bonchev–Trinajstić information content (AvgIpc) is 2.78. The SMILES string of the molecule is COCC1CCCN1S(=O)(=O)c1c(F)cccc1F. The van der Waals surface area contributed by atoms with Crippen molar-refractivity contribution in [2.24, 2.45) is 0 Å². The van der Waals surface area contributed by atoms with Crippen LogP contribution in [0.4, 0.5) is 8.78 Å². The highest BCUT2D eigenvalue weighted by Gasteiger charge is 2.38. The zero-order valence-electron chi connectivity index (χ0n) is 10.5. The Bertz CT molecular complexity index is 542. The van der Waals surface area contributed by atoms with Gasteiger partial charge in [0.1, 0.15) is 11.6 Å². The summed E-state index contributed by atoms with van der Waals surface area (Å²) in [5, 5.41) is 0. The van der Waals surface area contributed by atoms with E-state index in [1.165, 1.54) is 7.11 Å². The third-order valence-electron chi connectivity index (χ3n) is 3.17. The highest BCUT2D eigenvalue weighted by Crippen LogP contribution is 2.29. The van der Waals surface area contributed by atoms with Crippen LogP contribution in [0.5, 0.6) is 0 Å². The summed E-state index contributed by atoms with van der Waals surface area (Å²) in [5.74, 6) is -2.13. The monoisotopic (exact) mass is 291 g/mol. The Labute approximate surface area is 111 Å². The molecule has 0 aromatic heterocycles. The van der Waals surface area contributed by atoms with Crippen molar-refractivity contribution < 1.29 is 21.9 Å². The molecule has 1 heterocycles. The molecular formula is C12H15F2NO3S. The number of hydrogen-bond acceptors (Lipinski definition) is 3. The van der Waals surface area contributed by atoms with Crippen LogP contribution < -0.4 is 0 Å². The minimum absolute atomic E-state index is 0.218. The van der Waals surface area contributed by atoms with E-state index in [9.17, 15) is 17.2 Å². The van der Waals surface area contributed by atoms with Crippen LogP contribution in [0.1, 0.15) is 12.8 Å². The maximum Gasteiger partial charge on any atom is 0.249 e. The van der Waals surface area contributed by atoms with Gasteiger partial charge in [-0.25, -0.2) is 17.2 Å². The van der Waals surface area contributed by atoms with E-state index in [1.54, 1.807) is 0 Å². The van der Waals surface area contributed by atoms with Crippen LogP contribution in [0.3, 0.4) is 0 Å². The minimum Gasteiger partial charge on any atom is -0.383 e. The lowest BCUT2D eigenvalue weighted by molar-refractivity contribution is 0.148. The molecule has 0 saturated carbocycles. The fourth-order valence-electron chi connectivity index (χ4n) is 2.33. The van der Waals surface area contributed by atoms with Gasteiger partial charge in [0, 0.05) is 19.7 Å². The molecule has 1 unspecified atom stereocenters. The summed E-state index contributed by atoms with van der Waals surface area (Å²) in [7, 11) is -2.70. The second-order valence-corrected chi connectivity index (χ2v) is 6.25. The predicted molar refractivity (Wildman–Crippen MR) is 65.1 cm³/mol. The summed E-state index contributed by atoms with van der Waals surface area (Å²) >= 11 is 0. The van der Waals surface area contributed by atoms with E-state index in [-0.39, 0.29) is 19.2 Å². The number of sulfonamides is 1. The second-order valence-electron chi connectivity index (χ2n) is 4.42. The van der Waals surface area contributed by atoms with Gasteiger partial charge >= 0.3 is 0 Å². The van der Waals surface area contributed by atoms with Crippen molar-refractivity contribution in [1.82, 2.24) is 4.31 Å². The van der Waals surface area contributed by atoms with Crippen molar-refractivity contribution in [2.45, 2.75) is 23.8 Å². The Kier molecular flexibility index (Phi) is 4.17. The fourth-order valence-corrected chi connectivity index (χ4v) is 4.12. The number of benzene rings is 1. The van der Waals surface area contributed by atoms with Crippen LogP contribution in [0.15, 0.2) is 23.1 Å². The molecular weight excluding hydrogens is 276 g/mol. The Hall–Kier alpha value is -1.05. The molecule has 7 heteroatoms. The lowest BCUT2D eigenvalue weighted by Crippen LogP contribution is -2.38. The molecule has 1 aromatic carbocycles. The van der Waals surface area contributed by atoms with Gasteiger partial charge in [-0.15, -0.1) is 0 Å². The molecule has 1 aromatic rings. The van der Waals surface area contributed by atoms with Crippen LogP contribution in [0, 0.1) is 11.6 Å². The molecule has 0 bridgehead atoms. The maximum atomic E-state index is 13.6. The smallest absolute Gasteiger partial charge is 0.249 e. The Balaban J connectivity index is 2.42. The standard InChI is InChI=1S/C12H15F2NO3S/c1-18-8-9-4-3-7-15(9)19(16,17)12-10(13)5-2-6-11(12)14/h2,5-6,9H,3-4,7-8H2,1H3. The summed E-state index contributed by atoms with van der Waals surface area (Å²) in [4.78, 5) is -0.877. The van der Waals surface area contributed by atoms with Crippen molar-refractivity contribution in [3.63, 3.8) is 0 Å². The van der Waals surface area contributed by atoms with Crippen LogP contribution >= 0.6 is 0 Å². The molecule has 0 aliphatic carbocycles. The number of methoxy groups -OCH3 is 1. The summed E-state index contributed by atoms with van der Waals surface area (Å²) in [6, 6.07) is 2.66. The van der Waals surface area contributed by atoms with Gasteiger partial charge < -0.3 is 4.74 Å². The van der Waals surface area contributed by atoms with Crippen molar-refractivity contribution in [2.75, 3.05) is 20.3 Å². The Morgan fingerprint density at radius 2 is 2.00 bits per heavy atom. The van der Waals surface area contributed by atoms with Crippen molar-refractivity contribution in [1.29, 1.82) is 0 Å². The maximum absolute atomic E-state index is 13.6. The molecule has 1 aliphatic rings. The largest absolute Gasteiger partial charge is 0.383 e. The zero-order chi connectivity index (χ0) is 14.0. The first-order valence-corrected chi connectivity index (χ1v) is 7.37. The minimum atomic E-state index is -4.17. The molecule has 2 rings (SSSR count). The van der Waals surface area contributed by atoms with E-state index in [2.05, 4.69) is 0 Å². The average molecular weight is 291 g/mol. The second kappa shape index (κ2) is 5.52. The zero-order valence-corrected chi connectivity index (χ0v) is 11.3. The molecule has 0 amide bonds. The van der Waals surface area contributed by atoms with Gasteiger partial charge in [-0.3, -0.25) is 0 Å². The van der Waals surface area contributed by atoms with Gasteiger partial charge in [-0.1, -0.05) is 6.07 Å². The lowest BCUT2D eigenvalue weighted by Gasteiger charge is -2.23. The Morgan fingerprint density at radius 1 is 1.37 bits per heavy atom. The van der Waals surface area contributed by atoms with Crippen LogP contribution in [-0.4, -0.2) is 39.0 Å². The first-order chi connectivity index (χ1) is 8.98. The summed E-state index contributed by atoms with van der Waals surface area (Å²) in [6.07, 6.45) is 1.28. The first kappa shape index (κ1) is 14.4. The number of halogens is 2. The lowest BCUT2D eigenvalue weighted by atomic mass is 10.2. The quantitative estimate of drug-likeness (QED) is 0.849. The van der Waals surface area contributed by atoms with Gasteiger partial charge in [-0.2, -0.15) is 4.31 Å². The van der Waals surface area contributed by atoms with Gasteiger partial charge in [0.25, 0.3) is 0 Å². The number of rotatable bonds is 4. The highest BCUT2D eigenvalue weighted by molar-refractivity contribution is 7.89.